The Labute approximate surface area is 133 Å². The van der Waals surface area contributed by atoms with Crippen LogP contribution in [0.3, 0.4) is 0 Å². The second-order valence-electron chi connectivity index (χ2n) is 4.90. The fourth-order valence-electron chi connectivity index (χ4n) is 1.76. The predicted octanol–water partition coefficient (Wildman–Crippen LogP) is 4.14. The monoisotopic (exact) mass is 350 g/mol. The molecule has 0 atom stereocenters. The summed E-state index contributed by atoms with van der Waals surface area (Å²) in [4.78, 5) is 4.32. The molecule has 0 amide bonds. The Balaban J connectivity index is 2.19. The fraction of sp³-hybridized carbons (Fsp3) is 0.312. The molecule has 0 bridgehead atoms. The number of nitrogens with zero attached hydrogens (tertiary/aromatic N) is 1. The first kappa shape index (κ1) is 15.8. The van der Waals surface area contributed by atoms with E-state index in [0.717, 1.165) is 15.8 Å². The summed E-state index contributed by atoms with van der Waals surface area (Å²) in [6.07, 6.45) is 1.73. The van der Waals surface area contributed by atoms with Gasteiger partial charge in [0, 0.05) is 24.3 Å². The van der Waals surface area contributed by atoms with Crippen LogP contribution in [-0.2, 0) is 6.54 Å². The minimum absolute atomic E-state index is 0.408. The van der Waals surface area contributed by atoms with Gasteiger partial charge >= 0.3 is 0 Å². The van der Waals surface area contributed by atoms with E-state index in [0.29, 0.717) is 24.2 Å². The van der Waals surface area contributed by atoms with Gasteiger partial charge in [0.15, 0.2) is 0 Å². The van der Waals surface area contributed by atoms with Crippen LogP contribution in [0.25, 0.3) is 0 Å². The molecule has 0 unspecified atom stereocenters. The quantitative estimate of drug-likeness (QED) is 0.849. The van der Waals surface area contributed by atoms with Crippen LogP contribution in [0, 0.1) is 0 Å². The van der Waals surface area contributed by atoms with Gasteiger partial charge in [-0.05, 0) is 40.2 Å². The summed E-state index contributed by atoms with van der Waals surface area (Å²) in [7, 11) is 1.64. The molecule has 0 spiro atoms. The van der Waals surface area contributed by atoms with E-state index in [-0.39, 0.29) is 0 Å². The van der Waals surface area contributed by atoms with Crippen molar-refractivity contribution in [1.29, 1.82) is 0 Å². The third-order valence-electron chi connectivity index (χ3n) is 2.90. The van der Waals surface area contributed by atoms with Crippen LogP contribution in [0.2, 0.25) is 0 Å². The van der Waals surface area contributed by atoms with E-state index in [1.165, 1.54) is 0 Å². The second-order valence-corrected chi connectivity index (χ2v) is 5.76. The van der Waals surface area contributed by atoms with E-state index < -0.39 is 0 Å². The molecule has 0 aliphatic rings. The first-order valence-electron chi connectivity index (χ1n) is 6.79. The lowest BCUT2D eigenvalue weighted by atomic mass is 10.2. The number of rotatable bonds is 6. The van der Waals surface area contributed by atoms with Crippen molar-refractivity contribution in [3.8, 4) is 17.4 Å². The normalized spacial score (nSPS) is 10.7. The summed E-state index contributed by atoms with van der Waals surface area (Å²) in [6.45, 7) is 4.93. The maximum absolute atomic E-state index is 5.92. The number of hydrogen-bond donors (Lipinski definition) is 1. The topological polar surface area (TPSA) is 43.4 Å². The predicted molar refractivity (Wildman–Crippen MR) is 87.0 cm³/mol. The molecule has 1 N–H and O–H groups in total. The van der Waals surface area contributed by atoms with Crippen molar-refractivity contribution >= 4 is 15.9 Å². The molecule has 0 saturated carbocycles. The summed E-state index contributed by atoms with van der Waals surface area (Å²) in [6, 6.07) is 9.91. The lowest BCUT2D eigenvalue weighted by Crippen LogP contribution is -2.22. The van der Waals surface area contributed by atoms with E-state index in [2.05, 4.69) is 40.1 Å². The highest BCUT2D eigenvalue weighted by Crippen LogP contribution is 2.33. The van der Waals surface area contributed by atoms with Crippen LogP contribution in [0.5, 0.6) is 17.4 Å². The highest BCUT2D eigenvalue weighted by molar-refractivity contribution is 9.10. The lowest BCUT2D eigenvalue weighted by Gasteiger charge is -2.13. The largest absolute Gasteiger partial charge is 0.497 e. The molecule has 0 saturated heterocycles. The van der Waals surface area contributed by atoms with Gasteiger partial charge in [-0.25, -0.2) is 4.98 Å². The fourth-order valence-corrected chi connectivity index (χ4v) is 2.20. The zero-order chi connectivity index (χ0) is 15.2. The number of methoxy groups -OCH3 is 1. The van der Waals surface area contributed by atoms with Crippen molar-refractivity contribution < 1.29 is 9.47 Å². The summed E-state index contributed by atoms with van der Waals surface area (Å²) in [5.41, 5.74) is 1.02. The van der Waals surface area contributed by atoms with Gasteiger partial charge in [0.05, 0.1) is 11.6 Å². The Kier molecular flexibility index (Phi) is 5.59. The Hall–Kier alpha value is -1.59. The van der Waals surface area contributed by atoms with Gasteiger partial charge < -0.3 is 14.8 Å². The van der Waals surface area contributed by atoms with E-state index in [4.69, 9.17) is 9.47 Å². The summed E-state index contributed by atoms with van der Waals surface area (Å²) < 4.78 is 11.9. The van der Waals surface area contributed by atoms with Crippen molar-refractivity contribution in [1.82, 2.24) is 10.3 Å². The molecular formula is C16H19BrN2O2. The Morgan fingerprint density at radius 2 is 2.10 bits per heavy atom. The number of halogens is 1. The van der Waals surface area contributed by atoms with Gasteiger partial charge in [-0.15, -0.1) is 0 Å². The van der Waals surface area contributed by atoms with E-state index >= 15 is 0 Å². The highest BCUT2D eigenvalue weighted by atomic mass is 79.9. The number of nitrogens with one attached hydrogen (secondary N) is 1. The van der Waals surface area contributed by atoms with Gasteiger partial charge in [0.1, 0.15) is 11.5 Å². The molecular weight excluding hydrogens is 332 g/mol. The maximum Gasteiger partial charge on any atom is 0.223 e. The van der Waals surface area contributed by atoms with E-state index in [1.54, 1.807) is 13.3 Å². The average Bonchev–Trinajstić information content (AvgIpc) is 2.48. The minimum Gasteiger partial charge on any atom is -0.497 e. The number of hydrogen-bond acceptors (Lipinski definition) is 4. The molecule has 2 rings (SSSR count). The Morgan fingerprint density at radius 3 is 2.76 bits per heavy atom. The van der Waals surface area contributed by atoms with Crippen molar-refractivity contribution in [3.05, 3.63) is 46.6 Å². The Morgan fingerprint density at radius 1 is 1.29 bits per heavy atom. The summed E-state index contributed by atoms with van der Waals surface area (Å²) >= 11 is 3.48. The van der Waals surface area contributed by atoms with Crippen LogP contribution in [0.1, 0.15) is 19.4 Å². The number of benzene rings is 1. The molecule has 2 aromatic rings. The third kappa shape index (κ3) is 4.44. The maximum atomic E-state index is 5.92. The highest BCUT2D eigenvalue weighted by Gasteiger charge is 2.09. The van der Waals surface area contributed by atoms with Crippen molar-refractivity contribution in [3.63, 3.8) is 0 Å². The molecule has 21 heavy (non-hydrogen) atoms. The molecule has 0 radical (unpaired) electrons. The molecule has 1 heterocycles. The van der Waals surface area contributed by atoms with E-state index in [9.17, 15) is 0 Å². The van der Waals surface area contributed by atoms with Gasteiger partial charge in [0.2, 0.25) is 5.88 Å². The number of pyridine rings is 1. The molecule has 1 aromatic heterocycles. The molecule has 0 aliphatic carbocycles. The Bertz CT molecular complexity index is 603. The molecule has 5 heteroatoms. The van der Waals surface area contributed by atoms with Crippen LogP contribution in [0.4, 0.5) is 0 Å². The first-order valence-corrected chi connectivity index (χ1v) is 7.58. The smallest absolute Gasteiger partial charge is 0.223 e. The van der Waals surface area contributed by atoms with Crippen LogP contribution in [-0.4, -0.2) is 18.1 Å². The minimum atomic E-state index is 0.408. The van der Waals surface area contributed by atoms with Crippen LogP contribution >= 0.6 is 15.9 Å². The molecule has 1 aromatic carbocycles. The third-order valence-corrected chi connectivity index (χ3v) is 3.52. The zero-order valence-corrected chi connectivity index (χ0v) is 14.0. The zero-order valence-electron chi connectivity index (χ0n) is 12.4. The summed E-state index contributed by atoms with van der Waals surface area (Å²) in [5.74, 6) is 2.09. The standard InChI is InChI=1S/C16H19BrN2O2/c1-11(2)19-10-12-5-4-8-18-16(12)21-15-7-6-13(20-3)9-14(15)17/h4-9,11,19H,10H2,1-3H3. The number of ether oxygens (including phenoxy) is 2. The molecule has 112 valence electrons. The van der Waals surface area contributed by atoms with Crippen LogP contribution in [0.15, 0.2) is 41.0 Å². The van der Waals surface area contributed by atoms with Crippen molar-refractivity contribution in [2.45, 2.75) is 26.4 Å². The molecule has 0 aliphatic heterocycles. The van der Waals surface area contributed by atoms with Gasteiger partial charge in [-0.3, -0.25) is 0 Å². The second kappa shape index (κ2) is 7.43. The van der Waals surface area contributed by atoms with Crippen LogP contribution < -0.4 is 14.8 Å². The SMILES string of the molecule is COc1ccc(Oc2ncccc2CNC(C)C)c(Br)c1. The van der Waals surface area contributed by atoms with Gasteiger partial charge in [0.25, 0.3) is 0 Å². The van der Waals surface area contributed by atoms with Gasteiger partial charge in [-0.2, -0.15) is 0 Å². The van der Waals surface area contributed by atoms with Crippen molar-refractivity contribution in [2.24, 2.45) is 0 Å². The average molecular weight is 351 g/mol. The van der Waals surface area contributed by atoms with E-state index in [1.807, 2.05) is 30.3 Å². The summed E-state index contributed by atoms with van der Waals surface area (Å²) in [5, 5.41) is 3.37. The molecule has 4 nitrogen and oxygen atoms in total. The van der Waals surface area contributed by atoms with Gasteiger partial charge in [-0.1, -0.05) is 19.9 Å². The van der Waals surface area contributed by atoms with Crippen molar-refractivity contribution in [2.75, 3.05) is 7.11 Å². The lowest BCUT2D eigenvalue weighted by molar-refractivity contribution is 0.410. The molecule has 0 fully saturated rings. The first-order chi connectivity index (χ1) is 10.1. The number of aromatic nitrogens is 1.